The van der Waals surface area contributed by atoms with E-state index in [9.17, 15) is 0 Å². The molecule has 2 rings (SSSR count). The van der Waals surface area contributed by atoms with Gasteiger partial charge in [-0.1, -0.05) is 69.4 Å². The van der Waals surface area contributed by atoms with Crippen LogP contribution in [0, 0.1) is 0 Å². The summed E-state index contributed by atoms with van der Waals surface area (Å²) in [4.78, 5) is 0. The second-order valence-electron chi connectivity index (χ2n) is 5.17. The van der Waals surface area contributed by atoms with Crippen LogP contribution in [0.15, 0.2) is 42.5 Å². The van der Waals surface area contributed by atoms with Crippen LogP contribution in [0.1, 0.15) is 59.2 Å². The molecule has 1 aromatic heterocycles. The van der Waals surface area contributed by atoms with E-state index in [1.807, 2.05) is 13.8 Å². The fourth-order valence-corrected chi connectivity index (χ4v) is 2.87. The molecule has 0 N–H and O–H groups in total. The van der Waals surface area contributed by atoms with Crippen molar-refractivity contribution in [2.24, 2.45) is 0 Å². The average Bonchev–Trinajstić information content (AvgIpc) is 2.92. The average molecular weight is 322 g/mol. The number of para-hydroxylation sites is 1. The van der Waals surface area contributed by atoms with Crippen LogP contribution < -0.4 is 10.6 Å². The largest absolute Gasteiger partial charge is 0.310 e. The lowest BCUT2D eigenvalue weighted by Crippen LogP contribution is -2.29. The van der Waals surface area contributed by atoms with E-state index in [2.05, 4.69) is 99.1 Å². The van der Waals surface area contributed by atoms with Crippen LogP contribution in [0.5, 0.6) is 0 Å². The molecule has 0 saturated heterocycles. The summed E-state index contributed by atoms with van der Waals surface area (Å²) < 4.78 is 2.34. The molecule has 0 atom stereocenters. The third-order valence-electron chi connectivity index (χ3n) is 3.68. The van der Waals surface area contributed by atoms with Gasteiger partial charge < -0.3 is 4.57 Å². The summed E-state index contributed by atoms with van der Waals surface area (Å²) in [7, 11) is 0. The molecule has 0 aliphatic carbocycles. The zero-order valence-corrected chi connectivity index (χ0v) is 16.0. The molecule has 1 heteroatoms. The van der Waals surface area contributed by atoms with Gasteiger partial charge in [-0.15, -0.1) is 0 Å². The second-order valence-corrected chi connectivity index (χ2v) is 5.17. The summed E-state index contributed by atoms with van der Waals surface area (Å²) in [6.45, 7) is 12.4. The minimum Gasteiger partial charge on any atom is -0.310 e. The third-order valence-corrected chi connectivity index (χ3v) is 3.68. The fraction of sp³-hybridized carbons (Fsp3) is 0.304. The molecule has 0 unspecified atom stereocenters. The van der Waals surface area contributed by atoms with Crippen molar-refractivity contribution in [1.29, 1.82) is 0 Å². The Hall–Kier alpha value is -2.28. The normalized spacial score (nSPS) is 12.9. The molecule has 0 aliphatic rings. The van der Waals surface area contributed by atoms with Gasteiger partial charge in [0.05, 0.1) is 5.69 Å². The van der Waals surface area contributed by atoms with E-state index >= 15 is 0 Å². The molecule has 0 spiro atoms. The van der Waals surface area contributed by atoms with Gasteiger partial charge in [-0.05, 0) is 45.4 Å². The van der Waals surface area contributed by atoms with Gasteiger partial charge in [0.15, 0.2) is 0 Å². The molecular formula is C23H31N. The van der Waals surface area contributed by atoms with E-state index in [0.717, 1.165) is 6.42 Å². The zero-order chi connectivity index (χ0) is 17.9. The summed E-state index contributed by atoms with van der Waals surface area (Å²) in [6, 6.07) is 10.6. The van der Waals surface area contributed by atoms with Crippen LogP contribution >= 0.6 is 0 Å². The topological polar surface area (TPSA) is 4.93 Å². The van der Waals surface area contributed by atoms with E-state index < -0.39 is 0 Å². The molecule has 24 heavy (non-hydrogen) atoms. The van der Waals surface area contributed by atoms with Crippen molar-refractivity contribution in [2.45, 2.75) is 48.0 Å². The lowest BCUT2D eigenvalue weighted by Gasteiger charge is -2.08. The Morgan fingerprint density at radius 3 is 2.04 bits per heavy atom. The van der Waals surface area contributed by atoms with E-state index in [-0.39, 0.29) is 0 Å². The summed E-state index contributed by atoms with van der Waals surface area (Å²) in [5.74, 6) is 0. The first-order chi connectivity index (χ1) is 11.8. The predicted octanol–water partition coefficient (Wildman–Crippen LogP) is 5.56. The summed E-state index contributed by atoms with van der Waals surface area (Å²) in [5, 5.41) is 2.58. The molecule has 1 nitrogen and oxygen atoms in total. The van der Waals surface area contributed by atoms with Crippen molar-refractivity contribution >= 4 is 24.3 Å². The SMILES string of the molecule is C/C=C\c1c(/C=C\C)n(-c2ccccc2)c(=C/C)/c1=C\CC.CC. The van der Waals surface area contributed by atoms with Crippen molar-refractivity contribution in [3.63, 3.8) is 0 Å². The molecular weight excluding hydrogens is 290 g/mol. The monoisotopic (exact) mass is 321 g/mol. The summed E-state index contributed by atoms with van der Waals surface area (Å²) in [5.41, 5.74) is 3.73. The van der Waals surface area contributed by atoms with Gasteiger partial charge in [0, 0.05) is 21.8 Å². The number of aromatic nitrogens is 1. The highest BCUT2D eigenvalue weighted by Gasteiger charge is 2.11. The Morgan fingerprint density at radius 2 is 1.54 bits per heavy atom. The number of rotatable bonds is 4. The second kappa shape index (κ2) is 10.5. The number of hydrogen-bond acceptors (Lipinski definition) is 0. The maximum absolute atomic E-state index is 2.34. The van der Waals surface area contributed by atoms with Crippen LogP contribution in [0.2, 0.25) is 0 Å². The molecule has 0 fully saturated rings. The highest BCUT2D eigenvalue weighted by Crippen LogP contribution is 2.15. The Labute approximate surface area is 147 Å². The highest BCUT2D eigenvalue weighted by atomic mass is 15.0. The number of benzene rings is 1. The standard InChI is InChI=1S/C21H25N.C2H6/c1-5-12-18-19(13-6-2)21(14-7-3)22(20(18)8-4)17-15-10-9-11-16-17;1-2/h6-16H,5H2,1-4H3;1-2H3/b13-6-,14-7-,18-12-,20-8+;. The number of nitrogens with zero attached hydrogens (tertiary/aromatic N) is 1. The number of hydrogen-bond donors (Lipinski definition) is 0. The molecule has 1 aromatic carbocycles. The van der Waals surface area contributed by atoms with Crippen molar-refractivity contribution in [2.75, 3.05) is 0 Å². The van der Waals surface area contributed by atoms with Crippen LogP contribution in [-0.2, 0) is 0 Å². The smallest absolute Gasteiger partial charge is 0.0537 e. The molecule has 128 valence electrons. The van der Waals surface area contributed by atoms with Crippen molar-refractivity contribution in [3.8, 4) is 5.69 Å². The first-order valence-electron chi connectivity index (χ1n) is 9.00. The molecule has 0 saturated carbocycles. The molecule has 2 aromatic rings. The fourth-order valence-electron chi connectivity index (χ4n) is 2.87. The highest BCUT2D eigenvalue weighted by molar-refractivity contribution is 5.67. The van der Waals surface area contributed by atoms with Gasteiger partial charge >= 0.3 is 0 Å². The van der Waals surface area contributed by atoms with Gasteiger partial charge in [-0.3, -0.25) is 0 Å². The van der Waals surface area contributed by atoms with Crippen molar-refractivity contribution in [3.05, 3.63) is 64.3 Å². The third kappa shape index (κ3) is 4.17. The Balaban J connectivity index is 0.00000139. The lowest BCUT2D eigenvalue weighted by atomic mass is 10.1. The van der Waals surface area contributed by atoms with Crippen molar-refractivity contribution < 1.29 is 0 Å². The van der Waals surface area contributed by atoms with Crippen molar-refractivity contribution in [1.82, 2.24) is 4.57 Å². The van der Waals surface area contributed by atoms with Crippen LogP contribution in [0.25, 0.3) is 30.0 Å². The van der Waals surface area contributed by atoms with Crippen LogP contribution in [0.3, 0.4) is 0 Å². The van der Waals surface area contributed by atoms with Gasteiger partial charge in [0.1, 0.15) is 0 Å². The predicted molar refractivity (Wildman–Crippen MR) is 111 cm³/mol. The molecule has 0 bridgehead atoms. The van der Waals surface area contributed by atoms with E-state index in [0.29, 0.717) is 0 Å². The molecule has 0 aliphatic heterocycles. The van der Waals surface area contributed by atoms with Gasteiger partial charge in [0.2, 0.25) is 0 Å². The summed E-state index contributed by atoms with van der Waals surface area (Å²) >= 11 is 0. The Kier molecular flexibility index (Phi) is 8.64. The van der Waals surface area contributed by atoms with Crippen LogP contribution in [0.4, 0.5) is 0 Å². The first-order valence-corrected chi connectivity index (χ1v) is 9.00. The molecule has 0 amide bonds. The van der Waals surface area contributed by atoms with E-state index in [4.69, 9.17) is 0 Å². The van der Waals surface area contributed by atoms with Crippen LogP contribution in [-0.4, -0.2) is 4.57 Å². The minimum absolute atomic E-state index is 1.03. The first kappa shape index (κ1) is 19.8. The van der Waals surface area contributed by atoms with E-state index in [1.54, 1.807) is 0 Å². The Morgan fingerprint density at radius 1 is 0.917 bits per heavy atom. The zero-order valence-electron chi connectivity index (χ0n) is 16.0. The van der Waals surface area contributed by atoms with Gasteiger partial charge in [0.25, 0.3) is 0 Å². The number of allylic oxidation sites excluding steroid dienone is 2. The molecule has 0 radical (unpaired) electrons. The lowest BCUT2D eigenvalue weighted by molar-refractivity contribution is 1.01. The minimum atomic E-state index is 1.03. The maximum atomic E-state index is 2.34. The van der Waals surface area contributed by atoms with Gasteiger partial charge in [-0.25, -0.2) is 0 Å². The quantitative estimate of drug-likeness (QED) is 0.694. The summed E-state index contributed by atoms with van der Waals surface area (Å²) in [6.07, 6.45) is 14.2. The van der Waals surface area contributed by atoms with E-state index in [1.165, 1.54) is 27.5 Å². The molecule has 1 heterocycles. The maximum Gasteiger partial charge on any atom is 0.0537 e. The Bertz CT molecular complexity index is 787. The van der Waals surface area contributed by atoms with Gasteiger partial charge in [-0.2, -0.15) is 0 Å².